The molecule has 1 aromatic heterocycles. The Hall–Kier alpha value is -2.60. The molecule has 136 valence electrons. The van der Waals surface area contributed by atoms with Crippen LogP contribution in [0.4, 0.5) is 0 Å². The minimum Gasteiger partial charge on any atom is -0.463 e. The molecule has 2 aromatic carbocycles. The van der Waals surface area contributed by atoms with E-state index in [0.717, 1.165) is 11.8 Å². The average molecular weight is 372 g/mol. The van der Waals surface area contributed by atoms with Crippen molar-refractivity contribution in [2.75, 3.05) is 6.26 Å². The quantitative estimate of drug-likeness (QED) is 0.647. The largest absolute Gasteiger partial charge is 0.463 e. The molecule has 0 N–H and O–H groups in total. The normalized spacial score (nSPS) is 12.3. The Morgan fingerprint density at radius 2 is 1.65 bits per heavy atom. The molecule has 0 aliphatic carbocycles. The summed E-state index contributed by atoms with van der Waals surface area (Å²) in [5.74, 6) is 0.102. The third-order valence-electron chi connectivity index (χ3n) is 4.06. The van der Waals surface area contributed by atoms with Crippen LogP contribution in [-0.2, 0) is 15.5 Å². The van der Waals surface area contributed by atoms with Crippen molar-refractivity contribution in [3.05, 3.63) is 64.5 Å². The highest BCUT2D eigenvalue weighted by molar-refractivity contribution is 7.86. The molecule has 0 amide bonds. The van der Waals surface area contributed by atoms with Gasteiger partial charge >= 0.3 is 10.1 Å². The van der Waals surface area contributed by atoms with Crippen molar-refractivity contribution in [3.63, 3.8) is 0 Å². The summed E-state index contributed by atoms with van der Waals surface area (Å²) >= 11 is 0. The molecule has 3 aromatic rings. The van der Waals surface area contributed by atoms with Crippen molar-refractivity contribution in [2.24, 2.45) is 0 Å². The maximum Gasteiger partial charge on any atom is 0.306 e. The van der Waals surface area contributed by atoms with E-state index in [4.69, 9.17) is 8.60 Å². The van der Waals surface area contributed by atoms with Gasteiger partial charge in [0.05, 0.1) is 17.2 Å². The Kier molecular flexibility index (Phi) is 4.40. The van der Waals surface area contributed by atoms with Gasteiger partial charge in [0.15, 0.2) is 5.43 Å². The fraction of sp³-hybridized carbons (Fsp3) is 0.250. The van der Waals surface area contributed by atoms with E-state index < -0.39 is 10.1 Å². The molecule has 0 bridgehead atoms. The molecule has 0 spiro atoms. The lowest BCUT2D eigenvalue weighted by molar-refractivity contribution is 0.492. The lowest BCUT2D eigenvalue weighted by Gasteiger charge is -2.19. The molecule has 0 radical (unpaired) electrons. The molecule has 1 heterocycles. The Labute approximate surface area is 152 Å². The first-order valence-corrected chi connectivity index (χ1v) is 9.92. The van der Waals surface area contributed by atoms with E-state index in [2.05, 4.69) is 20.8 Å². The van der Waals surface area contributed by atoms with Gasteiger partial charge in [0.2, 0.25) is 0 Å². The second kappa shape index (κ2) is 6.29. The number of fused-ring (bicyclic) bond motifs is 1. The zero-order valence-corrected chi connectivity index (χ0v) is 15.9. The molecule has 0 atom stereocenters. The highest BCUT2D eigenvalue weighted by Crippen LogP contribution is 2.27. The molecular formula is C20H20O5S. The molecule has 0 unspecified atom stereocenters. The maximum atomic E-state index is 12.8. The van der Waals surface area contributed by atoms with Crippen LogP contribution in [-0.4, -0.2) is 14.7 Å². The summed E-state index contributed by atoms with van der Waals surface area (Å²) in [6, 6.07) is 12.1. The molecular weight excluding hydrogens is 352 g/mol. The van der Waals surface area contributed by atoms with Crippen molar-refractivity contribution in [2.45, 2.75) is 26.2 Å². The third kappa shape index (κ3) is 3.80. The highest BCUT2D eigenvalue weighted by Gasteiger charge is 2.15. The van der Waals surface area contributed by atoms with Crippen LogP contribution in [0.5, 0.6) is 5.75 Å². The van der Waals surface area contributed by atoms with Gasteiger partial charge in [-0.3, -0.25) is 4.79 Å². The van der Waals surface area contributed by atoms with E-state index in [1.54, 1.807) is 0 Å². The van der Waals surface area contributed by atoms with Gasteiger partial charge in [-0.2, -0.15) is 8.42 Å². The van der Waals surface area contributed by atoms with Crippen molar-refractivity contribution >= 4 is 21.1 Å². The van der Waals surface area contributed by atoms with Crippen molar-refractivity contribution in [1.82, 2.24) is 0 Å². The summed E-state index contributed by atoms with van der Waals surface area (Å²) in [6.45, 7) is 6.38. The first-order valence-electron chi connectivity index (χ1n) is 8.10. The molecule has 0 aliphatic heterocycles. The van der Waals surface area contributed by atoms with Crippen LogP contribution in [0.1, 0.15) is 26.3 Å². The first kappa shape index (κ1) is 18.2. The lowest BCUT2D eigenvalue weighted by atomic mass is 9.86. The fourth-order valence-corrected chi connectivity index (χ4v) is 3.14. The molecule has 6 heteroatoms. The summed E-state index contributed by atoms with van der Waals surface area (Å²) in [7, 11) is -3.64. The number of hydrogen-bond donors (Lipinski definition) is 0. The summed E-state index contributed by atoms with van der Waals surface area (Å²) in [5.41, 5.74) is 2.52. The Morgan fingerprint density at radius 3 is 2.23 bits per heavy atom. The standard InChI is InChI=1S/C20H20O5S/c1-20(2,3)14-7-5-13(6-8-14)17-12-24-18-11-15(25-26(4,22)23)9-10-16(18)19(17)21/h5-12H,1-4H3. The van der Waals surface area contributed by atoms with Crippen LogP contribution in [0.25, 0.3) is 22.1 Å². The minimum absolute atomic E-state index is 0.0304. The zero-order valence-electron chi connectivity index (χ0n) is 15.1. The van der Waals surface area contributed by atoms with E-state index in [-0.39, 0.29) is 22.2 Å². The van der Waals surface area contributed by atoms with Crippen molar-refractivity contribution < 1.29 is 17.0 Å². The smallest absolute Gasteiger partial charge is 0.306 e. The van der Waals surface area contributed by atoms with Gasteiger partial charge in [0.1, 0.15) is 17.6 Å². The molecule has 0 saturated heterocycles. The SMILES string of the molecule is CC(C)(C)c1ccc(-c2coc3cc(OS(C)(=O)=O)ccc3c2=O)cc1. The Balaban J connectivity index is 2.05. The summed E-state index contributed by atoms with van der Waals surface area (Å²) < 4.78 is 32.8. The van der Waals surface area contributed by atoms with Gasteiger partial charge in [-0.05, 0) is 28.7 Å². The highest BCUT2D eigenvalue weighted by atomic mass is 32.2. The second-order valence-corrected chi connectivity index (χ2v) is 8.83. The number of hydrogen-bond acceptors (Lipinski definition) is 5. The van der Waals surface area contributed by atoms with Gasteiger partial charge in [-0.1, -0.05) is 45.0 Å². The molecule has 5 nitrogen and oxygen atoms in total. The zero-order chi connectivity index (χ0) is 19.1. The number of rotatable bonds is 3. The molecule has 0 saturated carbocycles. The number of benzene rings is 2. The van der Waals surface area contributed by atoms with Crippen LogP contribution >= 0.6 is 0 Å². The van der Waals surface area contributed by atoms with E-state index in [1.807, 2.05) is 24.3 Å². The third-order valence-corrected chi connectivity index (χ3v) is 4.55. The van der Waals surface area contributed by atoms with Gasteiger partial charge in [0, 0.05) is 6.07 Å². The Morgan fingerprint density at radius 1 is 1.00 bits per heavy atom. The molecule has 3 rings (SSSR count). The predicted octanol–water partition coefficient (Wildman–Crippen LogP) is 4.10. The average Bonchev–Trinajstić information content (AvgIpc) is 2.53. The monoisotopic (exact) mass is 372 g/mol. The van der Waals surface area contributed by atoms with Gasteiger partial charge < -0.3 is 8.60 Å². The van der Waals surface area contributed by atoms with Crippen LogP contribution in [0.15, 0.2) is 57.9 Å². The van der Waals surface area contributed by atoms with Crippen LogP contribution in [0, 0.1) is 0 Å². The van der Waals surface area contributed by atoms with E-state index >= 15 is 0 Å². The predicted molar refractivity (Wildman–Crippen MR) is 102 cm³/mol. The van der Waals surface area contributed by atoms with E-state index in [9.17, 15) is 13.2 Å². The first-order chi connectivity index (χ1) is 12.0. The van der Waals surface area contributed by atoms with E-state index in [0.29, 0.717) is 10.9 Å². The van der Waals surface area contributed by atoms with Gasteiger partial charge in [-0.25, -0.2) is 0 Å². The fourth-order valence-electron chi connectivity index (χ4n) is 2.68. The molecule has 0 fully saturated rings. The molecule has 26 heavy (non-hydrogen) atoms. The van der Waals surface area contributed by atoms with Crippen LogP contribution in [0.3, 0.4) is 0 Å². The van der Waals surface area contributed by atoms with Gasteiger partial charge in [-0.15, -0.1) is 0 Å². The summed E-state index contributed by atoms with van der Waals surface area (Å²) in [6.07, 6.45) is 2.35. The van der Waals surface area contributed by atoms with E-state index in [1.165, 1.54) is 30.0 Å². The van der Waals surface area contributed by atoms with Gasteiger partial charge in [0.25, 0.3) is 0 Å². The topological polar surface area (TPSA) is 73.6 Å². The summed E-state index contributed by atoms with van der Waals surface area (Å²) in [5, 5.41) is 0.364. The maximum absolute atomic E-state index is 12.8. The van der Waals surface area contributed by atoms with Crippen molar-refractivity contribution in [3.8, 4) is 16.9 Å². The Bertz CT molecular complexity index is 1120. The lowest BCUT2D eigenvalue weighted by Crippen LogP contribution is -2.11. The van der Waals surface area contributed by atoms with Crippen LogP contribution < -0.4 is 9.61 Å². The second-order valence-electron chi connectivity index (χ2n) is 7.25. The molecule has 0 aliphatic rings. The summed E-state index contributed by atoms with van der Waals surface area (Å²) in [4.78, 5) is 12.8. The van der Waals surface area contributed by atoms with Crippen LogP contribution in [0.2, 0.25) is 0 Å². The van der Waals surface area contributed by atoms with Crippen molar-refractivity contribution in [1.29, 1.82) is 0 Å². The minimum atomic E-state index is -3.64.